The molecule has 1 aromatic rings. The zero-order valence-electron chi connectivity index (χ0n) is 13.0. The SMILES string of the molecule is COc1cc(CN2CC(C(=O)O)CC2=O)ccc1OC(C)C. The minimum atomic E-state index is -0.922. The van der Waals surface area contributed by atoms with E-state index in [-0.39, 0.29) is 25.0 Å². The first-order valence-electron chi connectivity index (χ1n) is 7.25. The van der Waals surface area contributed by atoms with Crippen LogP contribution in [0.3, 0.4) is 0 Å². The predicted molar refractivity (Wildman–Crippen MR) is 79.9 cm³/mol. The fraction of sp³-hybridized carbons (Fsp3) is 0.500. The van der Waals surface area contributed by atoms with Gasteiger partial charge in [0.1, 0.15) is 0 Å². The molecule has 6 nitrogen and oxygen atoms in total. The number of aliphatic carboxylic acids is 1. The minimum Gasteiger partial charge on any atom is -0.493 e. The Morgan fingerprint density at radius 2 is 2.14 bits per heavy atom. The smallest absolute Gasteiger partial charge is 0.308 e. The molecule has 0 aromatic heterocycles. The summed E-state index contributed by atoms with van der Waals surface area (Å²) < 4.78 is 11.0. The monoisotopic (exact) mass is 307 g/mol. The first-order chi connectivity index (χ1) is 10.4. The Morgan fingerprint density at radius 1 is 1.41 bits per heavy atom. The van der Waals surface area contributed by atoms with Crippen LogP contribution in [-0.4, -0.2) is 41.6 Å². The Hall–Kier alpha value is -2.24. The number of hydrogen-bond donors (Lipinski definition) is 1. The summed E-state index contributed by atoms with van der Waals surface area (Å²) in [6, 6.07) is 5.49. The maximum atomic E-state index is 11.9. The van der Waals surface area contributed by atoms with Crippen molar-refractivity contribution >= 4 is 11.9 Å². The molecule has 2 rings (SSSR count). The van der Waals surface area contributed by atoms with Crippen LogP contribution in [0.25, 0.3) is 0 Å². The number of hydrogen-bond acceptors (Lipinski definition) is 4. The van der Waals surface area contributed by atoms with Crippen molar-refractivity contribution in [2.75, 3.05) is 13.7 Å². The topological polar surface area (TPSA) is 76.1 Å². The molecule has 22 heavy (non-hydrogen) atoms. The molecule has 0 radical (unpaired) electrons. The van der Waals surface area contributed by atoms with Crippen molar-refractivity contribution in [3.63, 3.8) is 0 Å². The summed E-state index contributed by atoms with van der Waals surface area (Å²) >= 11 is 0. The van der Waals surface area contributed by atoms with Crippen LogP contribution in [0.2, 0.25) is 0 Å². The van der Waals surface area contributed by atoms with E-state index in [9.17, 15) is 9.59 Å². The van der Waals surface area contributed by atoms with Crippen LogP contribution in [0.5, 0.6) is 11.5 Å². The van der Waals surface area contributed by atoms with E-state index in [2.05, 4.69) is 0 Å². The standard InChI is InChI=1S/C16H21NO5/c1-10(2)22-13-5-4-11(6-14(13)21-3)8-17-9-12(16(19)20)7-15(17)18/h4-6,10,12H,7-9H2,1-3H3,(H,19,20). The third-order valence-electron chi connectivity index (χ3n) is 3.53. The predicted octanol–water partition coefficient (Wildman–Crippen LogP) is 1.92. The third kappa shape index (κ3) is 3.69. The first-order valence-corrected chi connectivity index (χ1v) is 7.25. The second-order valence-electron chi connectivity index (χ2n) is 5.67. The van der Waals surface area contributed by atoms with Gasteiger partial charge in [-0.25, -0.2) is 0 Å². The van der Waals surface area contributed by atoms with Crippen molar-refractivity contribution < 1.29 is 24.2 Å². The molecule has 1 fully saturated rings. The molecule has 0 spiro atoms. The quantitative estimate of drug-likeness (QED) is 0.869. The van der Waals surface area contributed by atoms with Crippen LogP contribution >= 0.6 is 0 Å². The lowest BCUT2D eigenvalue weighted by Crippen LogP contribution is -2.25. The van der Waals surface area contributed by atoms with Crippen molar-refractivity contribution in [3.05, 3.63) is 23.8 Å². The number of carbonyl (C=O) groups is 2. The van der Waals surface area contributed by atoms with E-state index < -0.39 is 11.9 Å². The average molecular weight is 307 g/mol. The van der Waals surface area contributed by atoms with Gasteiger partial charge >= 0.3 is 5.97 Å². The molecule has 1 heterocycles. The van der Waals surface area contributed by atoms with Gasteiger partial charge in [-0.2, -0.15) is 0 Å². The number of carboxylic acids is 1. The van der Waals surface area contributed by atoms with Crippen molar-refractivity contribution in [3.8, 4) is 11.5 Å². The van der Waals surface area contributed by atoms with Gasteiger partial charge in [0, 0.05) is 19.5 Å². The molecule has 1 amide bonds. The van der Waals surface area contributed by atoms with Crippen LogP contribution in [-0.2, 0) is 16.1 Å². The van der Waals surface area contributed by atoms with Crippen molar-refractivity contribution in [1.29, 1.82) is 0 Å². The molecule has 1 unspecified atom stereocenters. The van der Waals surface area contributed by atoms with Gasteiger partial charge in [0.15, 0.2) is 11.5 Å². The summed E-state index contributed by atoms with van der Waals surface area (Å²) in [6.07, 6.45) is 0.109. The Kier molecular flexibility index (Phi) is 4.90. The molecule has 1 atom stereocenters. The van der Waals surface area contributed by atoms with Gasteiger partial charge in [0.25, 0.3) is 0 Å². The number of carbonyl (C=O) groups excluding carboxylic acids is 1. The van der Waals surface area contributed by atoms with Crippen LogP contribution < -0.4 is 9.47 Å². The number of carboxylic acid groups (broad SMARTS) is 1. The maximum Gasteiger partial charge on any atom is 0.308 e. The number of methoxy groups -OCH3 is 1. The number of rotatable bonds is 6. The summed E-state index contributed by atoms with van der Waals surface area (Å²) in [5.74, 6) is -0.411. The van der Waals surface area contributed by atoms with Gasteiger partial charge < -0.3 is 19.5 Å². The van der Waals surface area contributed by atoms with Gasteiger partial charge in [0.05, 0.1) is 19.1 Å². The molecular weight excluding hydrogens is 286 g/mol. The van der Waals surface area contributed by atoms with Gasteiger partial charge in [-0.3, -0.25) is 9.59 Å². The van der Waals surface area contributed by atoms with Crippen molar-refractivity contribution in [2.45, 2.75) is 32.9 Å². The molecule has 1 saturated heterocycles. The zero-order valence-corrected chi connectivity index (χ0v) is 13.0. The van der Waals surface area contributed by atoms with Gasteiger partial charge in [-0.15, -0.1) is 0 Å². The number of amides is 1. The lowest BCUT2D eigenvalue weighted by molar-refractivity contribution is -0.141. The molecule has 1 aliphatic rings. The number of ether oxygens (including phenoxy) is 2. The van der Waals surface area contributed by atoms with Gasteiger partial charge in [-0.1, -0.05) is 6.07 Å². The summed E-state index contributed by atoms with van der Waals surface area (Å²) in [4.78, 5) is 24.4. The van der Waals surface area contributed by atoms with E-state index >= 15 is 0 Å². The Bertz CT molecular complexity index is 570. The first kappa shape index (κ1) is 16.1. The Morgan fingerprint density at radius 3 is 2.68 bits per heavy atom. The fourth-order valence-electron chi connectivity index (χ4n) is 2.47. The number of nitrogens with zero attached hydrogens (tertiary/aromatic N) is 1. The summed E-state index contributed by atoms with van der Waals surface area (Å²) in [5.41, 5.74) is 0.882. The van der Waals surface area contributed by atoms with E-state index in [4.69, 9.17) is 14.6 Å². The molecule has 120 valence electrons. The average Bonchev–Trinajstić information content (AvgIpc) is 2.81. The van der Waals surface area contributed by atoms with E-state index in [1.165, 1.54) is 0 Å². The molecule has 1 N–H and O–H groups in total. The van der Waals surface area contributed by atoms with Crippen LogP contribution in [0, 0.1) is 5.92 Å². The molecule has 0 aliphatic carbocycles. The summed E-state index contributed by atoms with van der Waals surface area (Å²) in [5, 5.41) is 9.00. The normalized spacial score (nSPS) is 17.9. The van der Waals surface area contributed by atoms with Crippen LogP contribution in [0.15, 0.2) is 18.2 Å². The second kappa shape index (κ2) is 6.68. The number of likely N-dealkylation sites (tertiary alicyclic amines) is 1. The highest BCUT2D eigenvalue weighted by Gasteiger charge is 2.34. The van der Waals surface area contributed by atoms with E-state index in [0.717, 1.165) is 5.56 Å². The molecule has 0 saturated carbocycles. The lowest BCUT2D eigenvalue weighted by atomic mass is 10.1. The van der Waals surface area contributed by atoms with Gasteiger partial charge in [0.2, 0.25) is 5.91 Å². The van der Waals surface area contributed by atoms with E-state index in [0.29, 0.717) is 18.0 Å². The van der Waals surface area contributed by atoms with Crippen LogP contribution in [0.1, 0.15) is 25.8 Å². The fourth-order valence-corrected chi connectivity index (χ4v) is 2.47. The van der Waals surface area contributed by atoms with E-state index in [1.54, 1.807) is 12.0 Å². The van der Waals surface area contributed by atoms with Crippen LogP contribution in [0.4, 0.5) is 0 Å². The molecule has 1 aromatic carbocycles. The highest BCUT2D eigenvalue weighted by atomic mass is 16.5. The van der Waals surface area contributed by atoms with Crippen molar-refractivity contribution in [2.24, 2.45) is 5.92 Å². The van der Waals surface area contributed by atoms with Crippen molar-refractivity contribution in [1.82, 2.24) is 4.90 Å². The molecule has 1 aliphatic heterocycles. The van der Waals surface area contributed by atoms with E-state index in [1.807, 2.05) is 32.0 Å². The molecule has 0 bridgehead atoms. The zero-order chi connectivity index (χ0) is 16.3. The molecule has 6 heteroatoms. The molecular formula is C16H21NO5. The minimum absolute atomic E-state index is 0.0382. The highest BCUT2D eigenvalue weighted by molar-refractivity contribution is 5.86. The van der Waals surface area contributed by atoms with Gasteiger partial charge in [-0.05, 0) is 31.5 Å². The number of benzene rings is 1. The third-order valence-corrected chi connectivity index (χ3v) is 3.53. The lowest BCUT2D eigenvalue weighted by Gasteiger charge is -2.18. The largest absolute Gasteiger partial charge is 0.493 e. The second-order valence-corrected chi connectivity index (χ2v) is 5.67. The summed E-state index contributed by atoms with van der Waals surface area (Å²) in [6.45, 7) is 4.49. The Labute approximate surface area is 129 Å². The Balaban J connectivity index is 2.10. The highest BCUT2D eigenvalue weighted by Crippen LogP contribution is 2.30. The maximum absolute atomic E-state index is 11.9. The summed E-state index contributed by atoms with van der Waals surface area (Å²) in [7, 11) is 1.56.